The lowest BCUT2D eigenvalue weighted by Crippen LogP contribution is -2.27. The van der Waals surface area contributed by atoms with Gasteiger partial charge in [0.1, 0.15) is 0 Å². The minimum Gasteiger partial charge on any atom is -0.324 e. The Morgan fingerprint density at radius 3 is 2.53 bits per heavy atom. The Balaban J connectivity index is 2.39. The Hall–Kier alpha value is -1.10. The van der Waals surface area contributed by atoms with E-state index in [9.17, 15) is 4.57 Å². The molecule has 0 bridgehead atoms. The van der Waals surface area contributed by atoms with E-state index in [4.69, 9.17) is 5.26 Å². The molecule has 17 heavy (non-hydrogen) atoms. The van der Waals surface area contributed by atoms with Gasteiger partial charge in [-0.3, -0.25) is 5.32 Å². The molecule has 3 nitrogen and oxygen atoms in total. The predicted octanol–water partition coefficient (Wildman–Crippen LogP) is 2.68. The summed E-state index contributed by atoms with van der Waals surface area (Å²) in [6.07, 6.45) is 1.26. The molecule has 0 aliphatic carbocycles. The molecule has 1 atom stereocenters. The number of nitrogens with zero attached hydrogens (tertiary/aromatic N) is 1. The lowest BCUT2D eigenvalue weighted by atomic mass is 10.2. The highest BCUT2D eigenvalue weighted by molar-refractivity contribution is 7.62. The number of benzene rings is 1. The van der Waals surface area contributed by atoms with Crippen LogP contribution in [0.1, 0.15) is 12.0 Å². The molecule has 0 saturated carbocycles. The van der Waals surface area contributed by atoms with Gasteiger partial charge in [0, 0.05) is 12.7 Å². The van der Waals surface area contributed by atoms with E-state index in [0.717, 1.165) is 5.56 Å². The van der Waals surface area contributed by atoms with Gasteiger partial charge in [0.15, 0.2) is 0 Å². The summed E-state index contributed by atoms with van der Waals surface area (Å²) in [7, 11) is -2.02. The Bertz CT molecular complexity index is 419. The van der Waals surface area contributed by atoms with Crippen LogP contribution in [-0.4, -0.2) is 25.5 Å². The van der Waals surface area contributed by atoms with E-state index >= 15 is 0 Å². The number of rotatable bonds is 6. The molecule has 1 unspecified atom stereocenters. The first-order chi connectivity index (χ1) is 8.01. The third-order valence-electron chi connectivity index (χ3n) is 2.51. The van der Waals surface area contributed by atoms with Crippen molar-refractivity contribution in [3.8, 4) is 6.07 Å². The van der Waals surface area contributed by atoms with Crippen LogP contribution in [0, 0.1) is 11.3 Å². The largest absolute Gasteiger partial charge is 0.324 e. The van der Waals surface area contributed by atoms with Gasteiger partial charge < -0.3 is 4.57 Å². The molecule has 0 saturated heterocycles. The molecule has 0 heterocycles. The first-order valence-corrected chi connectivity index (χ1v) is 8.51. The molecule has 0 aliphatic rings. The Morgan fingerprint density at radius 2 is 2.00 bits per heavy atom. The molecule has 0 aliphatic heterocycles. The van der Waals surface area contributed by atoms with Crippen LogP contribution in [0.5, 0.6) is 0 Å². The van der Waals surface area contributed by atoms with Gasteiger partial charge in [-0.1, -0.05) is 30.3 Å². The molecular weight excluding hydrogens is 231 g/mol. The second kappa shape index (κ2) is 6.59. The van der Waals surface area contributed by atoms with Crippen molar-refractivity contribution >= 4 is 7.14 Å². The Labute approximate surface area is 103 Å². The van der Waals surface area contributed by atoms with Crippen LogP contribution in [0.3, 0.4) is 0 Å². The molecular formula is C13H19N2OP. The molecule has 92 valence electrons. The molecule has 0 aromatic heterocycles. The summed E-state index contributed by atoms with van der Waals surface area (Å²) in [4.78, 5) is 0. The molecule has 0 fully saturated rings. The molecule has 4 heteroatoms. The average Bonchev–Trinajstić information content (AvgIpc) is 2.29. The van der Waals surface area contributed by atoms with Crippen LogP contribution in [-0.2, 0) is 11.1 Å². The fraction of sp³-hybridized carbons (Fsp3) is 0.462. The highest BCUT2D eigenvalue weighted by Gasteiger charge is 2.12. The zero-order chi connectivity index (χ0) is 12.7. The van der Waals surface area contributed by atoms with Crippen molar-refractivity contribution in [1.29, 1.82) is 5.26 Å². The van der Waals surface area contributed by atoms with Crippen molar-refractivity contribution in [2.75, 3.05) is 19.5 Å². The average molecular weight is 250 g/mol. The van der Waals surface area contributed by atoms with Gasteiger partial charge in [-0.2, -0.15) is 5.26 Å². The van der Waals surface area contributed by atoms with Gasteiger partial charge >= 0.3 is 0 Å². The van der Waals surface area contributed by atoms with Gasteiger partial charge in [0.25, 0.3) is 0 Å². The number of hydrogen-bond acceptors (Lipinski definition) is 3. The lowest BCUT2D eigenvalue weighted by molar-refractivity contribution is 0.563. The molecule has 1 aromatic carbocycles. The maximum Gasteiger partial charge on any atom is 0.0960 e. The van der Waals surface area contributed by atoms with Crippen LogP contribution in [0.2, 0.25) is 0 Å². The van der Waals surface area contributed by atoms with Gasteiger partial charge in [0.05, 0.1) is 19.3 Å². The van der Waals surface area contributed by atoms with Crippen LogP contribution in [0.25, 0.3) is 0 Å². The van der Waals surface area contributed by atoms with E-state index in [1.165, 1.54) is 0 Å². The monoisotopic (exact) mass is 250 g/mol. The number of hydrogen-bond donors (Lipinski definition) is 1. The summed E-state index contributed by atoms with van der Waals surface area (Å²) < 4.78 is 11.6. The summed E-state index contributed by atoms with van der Waals surface area (Å²) in [5, 5.41) is 12.2. The SMILES string of the molecule is CP(C)(=O)CCC(C#N)NCc1ccccc1. The Morgan fingerprint density at radius 1 is 1.35 bits per heavy atom. The van der Waals surface area contributed by atoms with E-state index in [1.807, 2.05) is 30.3 Å². The van der Waals surface area contributed by atoms with E-state index in [0.29, 0.717) is 19.1 Å². The second-order valence-electron chi connectivity index (χ2n) is 4.63. The Kier molecular flexibility index (Phi) is 5.41. The topological polar surface area (TPSA) is 52.9 Å². The normalized spacial score (nSPS) is 13.0. The molecule has 0 amide bonds. The van der Waals surface area contributed by atoms with Crippen LogP contribution in [0.4, 0.5) is 0 Å². The molecule has 0 radical (unpaired) electrons. The van der Waals surface area contributed by atoms with Crippen molar-refractivity contribution in [2.45, 2.75) is 19.0 Å². The van der Waals surface area contributed by atoms with E-state index in [1.54, 1.807) is 13.3 Å². The van der Waals surface area contributed by atoms with Crippen molar-refractivity contribution < 1.29 is 4.57 Å². The standard InChI is InChI=1S/C13H19N2OP/c1-17(2,16)9-8-13(10-14)15-11-12-6-4-3-5-7-12/h3-7,13,15H,8-9,11H2,1-2H3. The lowest BCUT2D eigenvalue weighted by Gasteiger charge is -2.13. The molecule has 0 spiro atoms. The van der Waals surface area contributed by atoms with E-state index < -0.39 is 7.14 Å². The van der Waals surface area contributed by atoms with E-state index in [-0.39, 0.29) is 6.04 Å². The van der Waals surface area contributed by atoms with Crippen LogP contribution >= 0.6 is 7.14 Å². The first-order valence-electron chi connectivity index (χ1n) is 5.72. The van der Waals surface area contributed by atoms with Crippen molar-refractivity contribution in [2.24, 2.45) is 0 Å². The van der Waals surface area contributed by atoms with Gasteiger partial charge in [-0.15, -0.1) is 0 Å². The van der Waals surface area contributed by atoms with Gasteiger partial charge in [-0.25, -0.2) is 0 Å². The van der Waals surface area contributed by atoms with Crippen molar-refractivity contribution in [3.05, 3.63) is 35.9 Å². The van der Waals surface area contributed by atoms with Crippen LogP contribution in [0.15, 0.2) is 30.3 Å². The summed E-state index contributed by atoms with van der Waals surface area (Å²) in [6, 6.07) is 12.0. The predicted molar refractivity (Wildman–Crippen MR) is 71.6 cm³/mol. The fourth-order valence-corrected chi connectivity index (χ4v) is 2.37. The van der Waals surface area contributed by atoms with Crippen molar-refractivity contribution in [1.82, 2.24) is 5.32 Å². The van der Waals surface area contributed by atoms with Gasteiger partial charge in [0.2, 0.25) is 0 Å². The minimum absolute atomic E-state index is 0.219. The smallest absolute Gasteiger partial charge is 0.0960 e. The number of nitrogens with one attached hydrogen (secondary N) is 1. The summed E-state index contributed by atoms with van der Waals surface area (Å²) in [5.74, 6) is 0. The highest BCUT2D eigenvalue weighted by Crippen LogP contribution is 2.36. The highest BCUT2D eigenvalue weighted by atomic mass is 31.2. The van der Waals surface area contributed by atoms with E-state index in [2.05, 4.69) is 11.4 Å². The fourth-order valence-electron chi connectivity index (χ4n) is 1.49. The molecule has 1 rings (SSSR count). The quantitative estimate of drug-likeness (QED) is 0.790. The zero-order valence-corrected chi connectivity index (χ0v) is 11.3. The zero-order valence-electron chi connectivity index (χ0n) is 10.4. The second-order valence-corrected chi connectivity index (χ2v) is 8.23. The molecule has 1 N–H and O–H groups in total. The van der Waals surface area contributed by atoms with Gasteiger partial charge in [-0.05, 0) is 25.3 Å². The maximum atomic E-state index is 11.6. The maximum absolute atomic E-state index is 11.6. The first kappa shape index (κ1) is 14.0. The number of nitriles is 1. The summed E-state index contributed by atoms with van der Waals surface area (Å²) in [5.41, 5.74) is 1.16. The molecule has 1 aromatic rings. The third-order valence-corrected chi connectivity index (χ3v) is 3.84. The summed E-state index contributed by atoms with van der Waals surface area (Å²) in [6.45, 7) is 4.20. The van der Waals surface area contributed by atoms with Crippen molar-refractivity contribution in [3.63, 3.8) is 0 Å². The summed E-state index contributed by atoms with van der Waals surface area (Å²) >= 11 is 0. The third kappa shape index (κ3) is 6.26. The van der Waals surface area contributed by atoms with Crippen LogP contribution < -0.4 is 5.32 Å². The minimum atomic E-state index is -2.02.